The first kappa shape index (κ1) is 27.2. The summed E-state index contributed by atoms with van der Waals surface area (Å²) in [5, 5.41) is 11.1. The third-order valence-electron chi connectivity index (χ3n) is 11.1. The van der Waals surface area contributed by atoms with Crippen LogP contribution in [0.15, 0.2) is 161 Å². The summed E-state index contributed by atoms with van der Waals surface area (Å²) >= 11 is 0. The van der Waals surface area contributed by atoms with Crippen LogP contribution >= 0.6 is 0 Å². The van der Waals surface area contributed by atoms with Gasteiger partial charge in [0.1, 0.15) is 11.3 Å². The Morgan fingerprint density at radius 2 is 1.22 bits per heavy atom. The molecule has 0 atom stereocenters. The first-order valence-corrected chi connectivity index (χ1v) is 17.7. The highest BCUT2D eigenvalue weighted by Gasteiger charge is 2.28. The van der Waals surface area contributed by atoms with Crippen molar-refractivity contribution in [2.75, 3.05) is 0 Å². The molecule has 0 radical (unpaired) electrons. The molecule has 4 heteroatoms. The van der Waals surface area contributed by atoms with Gasteiger partial charge < -0.3 is 13.4 Å². The average Bonchev–Trinajstić information content (AvgIpc) is 3.90. The number of hydrogen-bond donors (Lipinski definition) is 0. The van der Waals surface area contributed by atoms with Crippen LogP contribution in [0.4, 0.5) is 5.69 Å². The number of benzene rings is 7. The Morgan fingerprint density at radius 3 is 2.08 bits per heavy atom. The average molecular weight is 652 g/mol. The number of rotatable bonds is 2. The Labute approximate surface area is 292 Å². The van der Waals surface area contributed by atoms with Gasteiger partial charge >= 0.3 is 0 Å². The van der Waals surface area contributed by atoms with Gasteiger partial charge in [-0.2, -0.15) is 0 Å². The SMILES string of the molecule is C1=C(/n2c3ccccc3c3cc4c5cc6ccccc6cc5n5c6ccccc6c(c32)c45)c2oc3ccccc3c2/N=C(/c2ccccc2)CC/1. The fourth-order valence-electron chi connectivity index (χ4n) is 8.92. The second-order valence-electron chi connectivity index (χ2n) is 13.8. The lowest BCUT2D eigenvalue weighted by Gasteiger charge is -2.16. The molecule has 0 bridgehead atoms. The quantitative estimate of drug-likeness (QED) is 0.183. The summed E-state index contributed by atoms with van der Waals surface area (Å²) in [6.07, 6.45) is 4.03. The molecule has 0 saturated heterocycles. The molecule has 0 N–H and O–H groups in total. The van der Waals surface area contributed by atoms with Crippen LogP contribution in [0.3, 0.4) is 0 Å². The van der Waals surface area contributed by atoms with E-state index in [1.165, 1.54) is 65.2 Å². The maximum absolute atomic E-state index is 6.88. The third-order valence-corrected chi connectivity index (χ3v) is 11.1. The summed E-state index contributed by atoms with van der Waals surface area (Å²) in [5.74, 6) is 0.803. The number of nitrogens with zero attached hydrogens (tertiary/aromatic N) is 3. The van der Waals surface area contributed by atoms with Crippen molar-refractivity contribution in [2.45, 2.75) is 12.8 Å². The van der Waals surface area contributed by atoms with Gasteiger partial charge in [0.05, 0.1) is 33.3 Å². The molecule has 7 aromatic carbocycles. The number of para-hydroxylation sites is 3. The molecular weight excluding hydrogens is 623 g/mol. The van der Waals surface area contributed by atoms with Gasteiger partial charge in [-0.05, 0) is 71.6 Å². The Bertz CT molecular complexity index is 3300. The molecule has 0 unspecified atom stereocenters. The van der Waals surface area contributed by atoms with Gasteiger partial charge in [0.25, 0.3) is 0 Å². The predicted octanol–water partition coefficient (Wildman–Crippen LogP) is 12.6. The number of aliphatic imine (C=N–C) groups is 1. The highest BCUT2D eigenvalue weighted by Crippen LogP contribution is 2.49. The zero-order valence-electron chi connectivity index (χ0n) is 27.6. The second-order valence-corrected chi connectivity index (χ2v) is 13.8. The van der Waals surface area contributed by atoms with Gasteiger partial charge in [0.2, 0.25) is 0 Å². The molecule has 4 nitrogen and oxygen atoms in total. The molecule has 0 amide bonds. The molecule has 12 rings (SSSR count). The molecule has 11 aromatic rings. The summed E-state index contributed by atoms with van der Waals surface area (Å²) in [6, 6.07) is 52.5. The van der Waals surface area contributed by atoms with Crippen molar-refractivity contribution in [3.05, 3.63) is 163 Å². The maximum atomic E-state index is 6.88. The summed E-state index contributed by atoms with van der Waals surface area (Å²) in [7, 11) is 0. The third kappa shape index (κ3) is 3.61. The molecule has 1 aliphatic heterocycles. The van der Waals surface area contributed by atoms with Gasteiger partial charge in [0, 0.05) is 43.4 Å². The van der Waals surface area contributed by atoms with E-state index in [9.17, 15) is 0 Å². The fraction of sp³-hybridized carbons (Fsp3) is 0.0426. The lowest BCUT2D eigenvalue weighted by atomic mass is 10.0. The van der Waals surface area contributed by atoms with Gasteiger partial charge in [-0.3, -0.25) is 0 Å². The predicted molar refractivity (Wildman–Crippen MR) is 213 cm³/mol. The van der Waals surface area contributed by atoms with Crippen molar-refractivity contribution in [2.24, 2.45) is 4.99 Å². The molecule has 5 heterocycles. The van der Waals surface area contributed by atoms with Crippen molar-refractivity contribution in [1.82, 2.24) is 8.97 Å². The Kier molecular flexibility index (Phi) is 5.31. The van der Waals surface area contributed by atoms with E-state index in [0.29, 0.717) is 0 Å². The van der Waals surface area contributed by atoms with Gasteiger partial charge in [-0.1, -0.05) is 109 Å². The monoisotopic (exact) mass is 651 g/mol. The largest absolute Gasteiger partial charge is 0.452 e. The molecule has 51 heavy (non-hydrogen) atoms. The van der Waals surface area contributed by atoms with E-state index in [1.54, 1.807) is 0 Å². The van der Waals surface area contributed by atoms with E-state index < -0.39 is 0 Å². The Balaban J connectivity index is 1.26. The van der Waals surface area contributed by atoms with Crippen molar-refractivity contribution in [3.63, 3.8) is 0 Å². The Morgan fingerprint density at radius 1 is 0.529 bits per heavy atom. The van der Waals surface area contributed by atoms with Crippen LogP contribution < -0.4 is 0 Å². The van der Waals surface area contributed by atoms with E-state index in [2.05, 4.69) is 155 Å². The minimum atomic E-state index is 0.803. The van der Waals surface area contributed by atoms with Crippen LogP contribution in [0.25, 0.3) is 87.3 Å². The number of fused-ring (bicyclic) bond motifs is 14. The lowest BCUT2D eigenvalue weighted by molar-refractivity contribution is 0.595. The zero-order valence-corrected chi connectivity index (χ0v) is 27.6. The second kappa shape index (κ2) is 9.96. The van der Waals surface area contributed by atoms with Gasteiger partial charge in [-0.25, -0.2) is 4.99 Å². The smallest absolute Gasteiger partial charge is 0.177 e. The van der Waals surface area contributed by atoms with Crippen LogP contribution in [0.1, 0.15) is 24.2 Å². The number of furan rings is 1. The van der Waals surface area contributed by atoms with E-state index >= 15 is 0 Å². The van der Waals surface area contributed by atoms with Crippen molar-refractivity contribution < 1.29 is 4.42 Å². The number of allylic oxidation sites excluding steroid dienone is 1. The fourth-order valence-corrected chi connectivity index (χ4v) is 8.92. The van der Waals surface area contributed by atoms with E-state index in [-0.39, 0.29) is 0 Å². The lowest BCUT2D eigenvalue weighted by Crippen LogP contribution is -2.05. The van der Waals surface area contributed by atoms with Gasteiger partial charge in [-0.15, -0.1) is 0 Å². The van der Waals surface area contributed by atoms with Gasteiger partial charge in [0.15, 0.2) is 5.76 Å². The van der Waals surface area contributed by atoms with Crippen LogP contribution in [-0.4, -0.2) is 14.7 Å². The maximum Gasteiger partial charge on any atom is 0.177 e. The minimum absolute atomic E-state index is 0.803. The van der Waals surface area contributed by atoms with E-state index in [1.807, 2.05) is 6.07 Å². The topological polar surface area (TPSA) is 34.8 Å². The molecule has 0 saturated carbocycles. The summed E-state index contributed by atoms with van der Waals surface area (Å²) < 4.78 is 11.9. The molecular formula is C47H29N3O. The van der Waals surface area contributed by atoms with E-state index in [0.717, 1.165) is 57.7 Å². The highest BCUT2D eigenvalue weighted by molar-refractivity contribution is 6.35. The molecule has 0 fully saturated rings. The van der Waals surface area contributed by atoms with Crippen molar-refractivity contribution >= 4 is 98.7 Å². The van der Waals surface area contributed by atoms with Crippen molar-refractivity contribution in [3.8, 4) is 0 Å². The highest BCUT2D eigenvalue weighted by atomic mass is 16.3. The first-order chi connectivity index (χ1) is 25.3. The summed E-state index contributed by atoms with van der Waals surface area (Å²) in [6.45, 7) is 0. The minimum Gasteiger partial charge on any atom is -0.452 e. The summed E-state index contributed by atoms with van der Waals surface area (Å²) in [5.41, 5.74) is 11.1. The van der Waals surface area contributed by atoms with Crippen LogP contribution in [0.2, 0.25) is 0 Å². The normalized spacial score (nSPS) is 16.0. The Hall–Kier alpha value is -6.65. The van der Waals surface area contributed by atoms with Crippen LogP contribution in [0.5, 0.6) is 0 Å². The standard InChI is InChI=1S/C47H29N3O/c1-2-13-28(14-3-1)37-20-12-23-40(47-44(48-37)33-19-8-11-24-42(33)51-47)49-38-21-9-6-17-31(38)35-27-36-34-25-29-15-4-5-16-30(29)26-41(34)50-39-22-10-7-18-32(39)43(45(35)49)46(36)50/h1-11,13-19,21-27H,12,20H2/b40-23+,48-37+. The van der Waals surface area contributed by atoms with Crippen LogP contribution in [0, 0.1) is 0 Å². The van der Waals surface area contributed by atoms with E-state index in [4.69, 9.17) is 9.41 Å². The van der Waals surface area contributed by atoms with Crippen LogP contribution in [-0.2, 0) is 0 Å². The molecule has 0 aliphatic carbocycles. The molecule has 0 spiro atoms. The number of hydrogen-bond acceptors (Lipinski definition) is 2. The zero-order chi connectivity index (χ0) is 33.2. The van der Waals surface area contributed by atoms with Crippen molar-refractivity contribution in [1.29, 1.82) is 0 Å². The molecule has 238 valence electrons. The molecule has 1 aliphatic rings. The number of aromatic nitrogens is 2. The first-order valence-electron chi connectivity index (χ1n) is 17.7. The summed E-state index contributed by atoms with van der Waals surface area (Å²) in [4.78, 5) is 5.44. The molecule has 4 aromatic heterocycles.